The number of aromatic nitrogens is 2. The van der Waals surface area contributed by atoms with Crippen LogP contribution in [-0.2, 0) is 6.42 Å². The van der Waals surface area contributed by atoms with Crippen LogP contribution < -0.4 is 16.0 Å². The number of likely N-dealkylation sites (N-methyl/N-ethyl adjacent to an activating group) is 1. The average Bonchev–Trinajstić information content (AvgIpc) is 2.84. The quantitative estimate of drug-likeness (QED) is 0.641. The summed E-state index contributed by atoms with van der Waals surface area (Å²) in [5.74, 6) is -0.752. The lowest BCUT2D eigenvalue weighted by Crippen LogP contribution is -2.46. The Morgan fingerprint density at radius 2 is 1.73 bits per heavy atom. The van der Waals surface area contributed by atoms with Crippen molar-refractivity contribution in [1.82, 2.24) is 20.2 Å². The van der Waals surface area contributed by atoms with Crippen LogP contribution >= 0.6 is 0 Å². The third kappa shape index (κ3) is 4.14. The number of amides is 1. The molecule has 170 valence electrons. The Hall–Kier alpha value is -3.52. The summed E-state index contributed by atoms with van der Waals surface area (Å²) in [4.78, 5) is 25.3. The number of anilines is 2. The predicted octanol–water partition coefficient (Wildman–Crippen LogP) is 2.96. The smallest absolute Gasteiger partial charge is 0.251 e. The molecule has 1 aromatic heterocycles. The fourth-order valence-corrected chi connectivity index (χ4v) is 4.55. The summed E-state index contributed by atoms with van der Waals surface area (Å²) in [6.07, 6.45) is 0.726. The average molecular weight is 447 g/mol. The van der Waals surface area contributed by atoms with Crippen molar-refractivity contribution in [3.05, 3.63) is 59.5 Å². The maximum absolute atomic E-state index is 14.8. The molecule has 2 aliphatic heterocycles. The Labute approximate surface area is 192 Å². The van der Waals surface area contributed by atoms with Crippen molar-refractivity contribution in [3.8, 4) is 22.5 Å². The van der Waals surface area contributed by atoms with Crippen molar-refractivity contribution in [2.45, 2.75) is 13.3 Å². The topological polar surface area (TPSA) is 87.4 Å². The first kappa shape index (κ1) is 21.3. The van der Waals surface area contributed by atoms with Crippen molar-refractivity contribution in [3.63, 3.8) is 0 Å². The molecule has 3 heterocycles. The van der Waals surface area contributed by atoms with Crippen LogP contribution in [0.5, 0.6) is 0 Å². The van der Waals surface area contributed by atoms with Crippen LogP contribution in [0.2, 0.25) is 0 Å². The van der Waals surface area contributed by atoms with Gasteiger partial charge in [0.25, 0.3) is 5.91 Å². The van der Waals surface area contributed by atoms with Crippen LogP contribution in [0.1, 0.15) is 22.8 Å². The molecule has 1 fully saturated rings. The minimum Gasteiger partial charge on any atom is -0.382 e. The predicted molar refractivity (Wildman–Crippen MR) is 128 cm³/mol. The van der Waals surface area contributed by atoms with Gasteiger partial charge in [0, 0.05) is 55.1 Å². The molecule has 7 nitrogen and oxygen atoms in total. The van der Waals surface area contributed by atoms with E-state index in [-0.39, 0.29) is 17.4 Å². The van der Waals surface area contributed by atoms with Crippen LogP contribution in [-0.4, -0.2) is 60.0 Å². The van der Waals surface area contributed by atoms with E-state index in [9.17, 15) is 9.18 Å². The van der Waals surface area contributed by atoms with Crippen molar-refractivity contribution >= 4 is 17.4 Å². The number of piperazine rings is 1. The zero-order valence-corrected chi connectivity index (χ0v) is 18.6. The number of rotatable bonds is 4. The lowest BCUT2D eigenvalue weighted by atomic mass is 9.96. The number of nitrogens with one attached hydrogen (secondary N) is 1. The normalized spacial score (nSPS) is 16.4. The SMILES string of the molecule is CCN1CCN(c2ccc(-c3nc(-c4ccc5c(c4)CCNC5=O)c(N)nc3F)cc2)CC1. The van der Waals surface area contributed by atoms with Gasteiger partial charge in [-0.2, -0.15) is 9.37 Å². The number of hydrogen-bond donors (Lipinski definition) is 2. The molecule has 0 atom stereocenters. The van der Waals surface area contributed by atoms with E-state index in [2.05, 4.69) is 32.0 Å². The van der Waals surface area contributed by atoms with Crippen molar-refractivity contribution in [2.75, 3.05) is 49.9 Å². The maximum Gasteiger partial charge on any atom is 0.251 e. The molecule has 3 aromatic rings. The second-order valence-corrected chi connectivity index (χ2v) is 8.44. The number of hydrogen-bond acceptors (Lipinski definition) is 6. The number of nitrogens with zero attached hydrogens (tertiary/aromatic N) is 4. The highest BCUT2D eigenvalue weighted by molar-refractivity contribution is 5.97. The van der Waals surface area contributed by atoms with Gasteiger partial charge in [0.2, 0.25) is 5.95 Å². The van der Waals surface area contributed by atoms with Crippen molar-refractivity contribution in [1.29, 1.82) is 0 Å². The Bertz CT molecular complexity index is 1190. The number of carbonyl (C=O) groups excluding carboxylic acids is 1. The van der Waals surface area contributed by atoms with Gasteiger partial charge in [-0.1, -0.05) is 25.1 Å². The Kier molecular flexibility index (Phi) is 5.68. The molecule has 2 aromatic carbocycles. The monoisotopic (exact) mass is 446 g/mol. The molecule has 8 heteroatoms. The summed E-state index contributed by atoms with van der Waals surface area (Å²) in [7, 11) is 0. The Morgan fingerprint density at radius 3 is 2.45 bits per heavy atom. The number of carbonyl (C=O) groups is 1. The molecule has 1 saturated heterocycles. The Morgan fingerprint density at radius 1 is 1.00 bits per heavy atom. The summed E-state index contributed by atoms with van der Waals surface area (Å²) in [6.45, 7) is 7.88. The van der Waals surface area contributed by atoms with Gasteiger partial charge in [-0.3, -0.25) is 4.79 Å². The number of nitrogen functional groups attached to an aromatic ring is 1. The fourth-order valence-electron chi connectivity index (χ4n) is 4.55. The first-order valence-electron chi connectivity index (χ1n) is 11.4. The highest BCUT2D eigenvalue weighted by atomic mass is 19.1. The van der Waals surface area contributed by atoms with Crippen LogP contribution in [0.25, 0.3) is 22.5 Å². The minimum absolute atomic E-state index is 0.0295. The van der Waals surface area contributed by atoms with E-state index in [0.29, 0.717) is 23.4 Å². The number of nitrogens with two attached hydrogens (primary N) is 1. The van der Waals surface area contributed by atoms with E-state index in [1.165, 1.54) is 0 Å². The fraction of sp³-hybridized carbons (Fsp3) is 0.320. The molecule has 2 aliphatic rings. The summed E-state index contributed by atoms with van der Waals surface area (Å²) in [6, 6.07) is 13.2. The summed E-state index contributed by atoms with van der Waals surface area (Å²) in [5, 5.41) is 2.83. The maximum atomic E-state index is 14.8. The van der Waals surface area contributed by atoms with E-state index in [1.807, 2.05) is 30.3 Å². The second-order valence-electron chi connectivity index (χ2n) is 8.44. The molecule has 0 bridgehead atoms. The van der Waals surface area contributed by atoms with Crippen LogP contribution in [0.15, 0.2) is 42.5 Å². The molecule has 0 spiro atoms. The lowest BCUT2D eigenvalue weighted by molar-refractivity contribution is 0.0946. The van der Waals surface area contributed by atoms with Gasteiger partial charge in [-0.25, -0.2) is 4.98 Å². The first-order valence-corrected chi connectivity index (χ1v) is 11.4. The van der Waals surface area contributed by atoms with Crippen molar-refractivity contribution < 1.29 is 9.18 Å². The lowest BCUT2D eigenvalue weighted by Gasteiger charge is -2.35. The van der Waals surface area contributed by atoms with Crippen LogP contribution in [0, 0.1) is 5.95 Å². The second kappa shape index (κ2) is 8.78. The number of fused-ring (bicyclic) bond motifs is 1. The van der Waals surface area contributed by atoms with Gasteiger partial charge in [-0.15, -0.1) is 0 Å². The van der Waals surface area contributed by atoms with Crippen LogP contribution in [0.4, 0.5) is 15.9 Å². The minimum atomic E-state index is -0.696. The van der Waals surface area contributed by atoms with E-state index in [4.69, 9.17) is 5.73 Å². The molecule has 3 N–H and O–H groups in total. The van der Waals surface area contributed by atoms with E-state index < -0.39 is 5.95 Å². The molecule has 1 amide bonds. The van der Waals surface area contributed by atoms with Gasteiger partial charge < -0.3 is 20.9 Å². The van der Waals surface area contributed by atoms with E-state index in [1.54, 1.807) is 12.1 Å². The van der Waals surface area contributed by atoms with Gasteiger partial charge in [0.15, 0.2) is 5.82 Å². The van der Waals surface area contributed by atoms with Crippen LogP contribution in [0.3, 0.4) is 0 Å². The third-order valence-electron chi connectivity index (χ3n) is 6.51. The third-order valence-corrected chi connectivity index (χ3v) is 6.51. The van der Waals surface area contributed by atoms with Gasteiger partial charge in [-0.05, 0) is 42.8 Å². The number of halogens is 1. The van der Waals surface area contributed by atoms with Gasteiger partial charge in [0.1, 0.15) is 11.4 Å². The summed E-state index contributed by atoms with van der Waals surface area (Å²) < 4.78 is 14.8. The standard InChI is InChI=1S/C25H27FN6O/c1-2-31-11-13-32(14-12-31)19-6-3-16(4-7-19)21-23(26)30-24(27)22(29-21)18-5-8-20-17(15-18)9-10-28-25(20)33/h3-8,15H,2,9-14H2,1H3,(H2,27,30)(H,28,33). The summed E-state index contributed by atoms with van der Waals surface area (Å²) in [5.41, 5.74) is 10.7. The molecule has 0 aliphatic carbocycles. The highest BCUT2D eigenvalue weighted by Gasteiger charge is 2.21. The molecular formula is C25H27FN6O. The van der Waals surface area contributed by atoms with Crippen molar-refractivity contribution in [2.24, 2.45) is 0 Å². The zero-order chi connectivity index (χ0) is 22.9. The molecular weight excluding hydrogens is 419 g/mol. The summed E-state index contributed by atoms with van der Waals surface area (Å²) >= 11 is 0. The molecule has 0 saturated carbocycles. The zero-order valence-electron chi connectivity index (χ0n) is 18.6. The highest BCUT2D eigenvalue weighted by Crippen LogP contribution is 2.31. The molecule has 5 rings (SSSR count). The number of benzene rings is 2. The van der Waals surface area contributed by atoms with Gasteiger partial charge >= 0.3 is 0 Å². The molecule has 33 heavy (non-hydrogen) atoms. The largest absolute Gasteiger partial charge is 0.382 e. The van der Waals surface area contributed by atoms with Gasteiger partial charge in [0.05, 0.1) is 0 Å². The Balaban J connectivity index is 1.44. The molecule has 0 radical (unpaired) electrons. The first-order chi connectivity index (χ1) is 16.0. The van der Waals surface area contributed by atoms with E-state index in [0.717, 1.165) is 56.0 Å². The molecule has 0 unspecified atom stereocenters. The van der Waals surface area contributed by atoms with E-state index >= 15 is 0 Å².